The molecule has 4 aromatic rings. The van der Waals surface area contributed by atoms with Gasteiger partial charge >= 0.3 is 0 Å². The van der Waals surface area contributed by atoms with Crippen LogP contribution in [-0.2, 0) is 0 Å². The fourth-order valence-electron chi connectivity index (χ4n) is 2.78. The number of carbonyl (C=O) groups is 1. The van der Waals surface area contributed by atoms with Crippen molar-refractivity contribution < 1.29 is 13.9 Å². The number of carbonyl (C=O) groups excluding carboxylic acids is 1. The molecule has 0 saturated heterocycles. The molecule has 0 aliphatic heterocycles. The lowest BCUT2D eigenvalue weighted by Crippen LogP contribution is -2.06. The van der Waals surface area contributed by atoms with Crippen LogP contribution < -0.4 is 4.74 Å². The van der Waals surface area contributed by atoms with Crippen molar-refractivity contribution in [2.75, 3.05) is 12.9 Å². The number of fused-ring (bicyclic) bond motifs is 3. The number of aromatic nitrogens is 4. The van der Waals surface area contributed by atoms with Gasteiger partial charge in [-0.2, -0.15) is 4.52 Å². The number of ketones is 1. The van der Waals surface area contributed by atoms with Gasteiger partial charge in [0.05, 0.1) is 18.4 Å². The first-order chi connectivity index (χ1) is 13.1. The molecule has 2 heterocycles. The molecule has 2 aromatic carbocycles. The molecule has 0 aliphatic rings. The Labute approximate surface area is 158 Å². The van der Waals surface area contributed by atoms with E-state index in [0.717, 1.165) is 10.9 Å². The number of hydrogen-bond donors (Lipinski definition) is 0. The van der Waals surface area contributed by atoms with E-state index in [9.17, 15) is 9.18 Å². The second-order valence-electron chi connectivity index (χ2n) is 5.87. The molecule has 0 aliphatic carbocycles. The van der Waals surface area contributed by atoms with E-state index in [1.807, 2.05) is 31.2 Å². The number of nitrogens with zero attached hydrogens (tertiary/aromatic N) is 4. The van der Waals surface area contributed by atoms with Crippen LogP contribution in [-0.4, -0.2) is 38.2 Å². The summed E-state index contributed by atoms with van der Waals surface area (Å²) in [5.41, 5.74) is 1.76. The molecule has 0 atom stereocenters. The smallest absolute Gasteiger partial charge is 0.192 e. The first kappa shape index (κ1) is 17.4. The molecule has 4 rings (SSSR count). The summed E-state index contributed by atoms with van der Waals surface area (Å²) in [6, 6.07) is 11.8. The molecule has 0 amide bonds. The summed E-state index contributed by atoms with van der Waals surface area (Å²) in [7, 11) is 1.38. The van der Waals surface area contributed by atoms with E-state index in [1.165, 1.54) is 31.0 Å². The van der Waals surface area contributed by atoms with Gasteiger partial charge in [-0.1, -0.05) is 23.9 Å². The van der Waals surface area contributed by atoms with Crippen LogP contribution in [0.1, 0.15) is 16.2 Å². The highest BCUT2D eigenvalue weighted by atomic mass is 32.2. The first-order valence-electron chi connectivity index (χ1n) is 8.18. The van der Waals surface area contributed by atoms with E-state index in [2.05, 4.69) is 15.1 Å². The maximum absolute atomic E-state index is 13.8. The average Bonchev–Trinajstić information content (AvgIpc) is 3.07. The van der Waals surface area contributed by atoms with Crippen molar-refractivity contribution in [2.45, 2.75) is 12.1 Å². The number of aryl methyl sites for hydroxylation is 1. The largest absolute Gasteiger partial charge is 0.494 e. The molecule has 6 nitrogen and oxygen atoms in total. The lowest BCUT2D eigenvalue weighted by Gasteiger charge is -2.07. The molecule has 0 unspecified atom stereocenters. The van der Waals surface area contributed by atoms with Crippen LogP contribution in [0.2, 0.25) is 0 Å². The lowest BCUT2D eigenvalue weighted by atomic mass is 10.1. The Morgan fingerprint density at radius 1 is 1.22 bits per heavy atom. The number of para-hydroxylation sites is 1. The number of Topliss-reactive ketones (excluding diaryl/α,β-unsaturated/α-hetero) is 1. The first-order valence-corrected chi connectivity index (χ1v) is 9.17. The zero-order chi connectivity index (χ0) is 19.0. The van der Waals surface area contributed by atoms with Crippen LogP contribution in [0.5, 0.6) is 5.75 Å². The maximum Gasteiger partial charge on any atom is 0.192 e. The maximum atomic E-state index is 13.8. The van der Waals surface area contributed by atoms with Crippen molar-refractivity contribution in [1.82, 2.24) is 19.6 Å². The quantitative estimate of drug-likeness (QED) is 0.298. The van der Waals surface area contributed by atoms with Crippen molar-refractivity contribution in [3.05, 3.63) is 59.7 Å². The molecule has 136 valence electrons. The van der Waals surface area contributed by atoms with Crippen molar-refractivity contribution in [3.8, 4) is 5.75 Å². The summed E-state index contributed by atoms with van der Waals surface area (Å²) >= 11 is 1.24. The molecule has 8 heteroatoms. The highest BCUT2D eigenvalue weighted by Crippen LogP contribution is 2.25. The summed E-state index contributed by atoms with van der Waals surface area (Å²) in [6.07, 6.45) is 0. The second-order valence-corrected chi connectivity index (χ2v) is 6.81. The molecule has 0 saturated carbocycles. The standard InChI is InChI=1S/C19H15FN4O2S/c1-11-21-18-13-5-3-4-6-15(13)22-19(24(18)23-11)27-10-16(25)12-7-8-17(26-2)14(20)9-12/h3-9H,10H2,1-2H3. The summed E-state index contributed by atoms with van der Waals surface area (Å²) in [4.78, 5) is 21.5. The molecule has 0 bridgehead atoms. The van der Waals surface area contributed by atoms with Crippen molar-refractivity contribution in [1.29, 1.82) is 0 Å². The number of thioether (sulfide) groups is 1. The van der Waals surface area contributed by atoms with Crippen LogP contribution in [0, 0.1) is 12.7 Å². The van der Waals surface area contributed by atoms with Crippen molar-refractivity contribution in [3.63, 3.8) is 0 Å². The van der Waals surface area contributed by atoms with Crippen molar-refractivity contribution >= 4 is 34.1 Å². The summed E-state index contributed by atoms with van der Waals surface area (Å²) < 4.78 is 20.4. The Morgan fingerprint density at radius 3 is 2.81 bits per heavy atom. The topological polar surface area (TPSA) is 69.4 Å². The van der Waals surface area contributed by atoms with Gasteiger partial charge in [0.25, 0.3) is 0 Å². The second kappa shape index (κ2) is 6.96. The van der Waals surface area contributed by atoms with Gasteiger partial charge < -0.3 is 4.74 Å². The van der Waals surface area contributed by atoms with E-state index in [-0.39, 0.29) is 22.8 Å². The molecule has 2 aromatic heterocycles. The molecule has 0 fully saturated rings. The lowest BCUT2D eigenvalue weighted by molar-refractivity contribution is 0.102. The van der Waals surface area contributed by atoms with Gasteiger partial charge in [0, 0.05) is 10.9 Å². The van der Waals surface area contributed by atoms with Crippen molar-refractivity contribution in [2.24, 2.45) is 0 Å². The van der Waals surface area contributed by atoms with Crippen LogP contribution in [0.25, 0.3) is 16.6 Å². The average molecular weight is 382 g/mol. The fraction of sp³-hybridized carbons (Fsp3) is 0.158. The molecule has 0 spiro atoms. The highest BCUT2D eigenvalue weighted by molar-refractivity contribution is 7.99. The zero-order valence-corrected chi connectivity index (χ0v) is 15.5. The Hall–Kier alpha value is -3.00. The minimum absolute atomic E-state index is 0.102. The molecule has 27 heavy (non-hydrogen) atoms. The summed E-state index contributed by atoms with van der Waals surface area (Å²) in [6.45, 7) is 1.81. The Kier molecular flexibility index (Phi) is 4.49. The summed E-state index contributed by atoms with van der Waals surface area (Å²) in [5, 5.41) is 5.84. The van der Waals surface area contributed by atoms with E-state index in [4.69, 9.17) is 4.74 Å². The minimum atomic E-state index is -0.563. The number of methoxy groups -OCH3 is 1. The number of ether oxygens (including phenoxy) is 1. The third-order valence-electron chi connectivity index (χ3n) is 4.06. The van der Waals surface area contributed by atoms with Gasteiger partial charge in [-0.05, 0) is 37.3 Å². The monoisotopic (exact) mass is 382 g/mol. The fourth-order valence-corrected chi connectivity index (χ4v) is 3.62. The molecular formula is C19H15FN4O2S. The number of hydrogen-bond acceptors (Lipinski definition) is 6. The highest BCUT2D eigenvalue weighted by Gasteiger charge is 2.15. The molecular weight excluding hydrogens is 367 g/mol. The predicted octanol–water partition coefficient (Wildman–Crippen LogP) is 3.71. The number of halogens is 1. The Morgan fingerprint density at radius 2 is 2.04 bits per heavy atom. The van der Waals surface area contributed by atoms with Gasteiger partial charge in [-0.3, -0.25) is 4.79 Å². The third-order valence-corrected chi connectivity index (χ3v) is 4.99. The third kappa shape index (κ3) is 3.23. The van der Waals surface area contributed by atoms with Crippen LogP contribution in [0.4, 0.5) is 4.39 Å². The zero-order valence-electron chi connectivity index (χ0n) is 14.6. The van der Waals surface area contributed by atoms with Gasteiger partial charge in [0.15, 0.2) is 28.2 Å². The molecule has 0 N–H and O–H groups in total. The Balaban J connectivity index is 1.65. The Bertz CT molecular complexity index is 1180. The van der Waals surface area contributed by atoms with Gasteiger partial charge in [-0.25, -0.2) is 14.4 Å². The summed E-state index contributed by atoms with van der Waals surface area (Å²) in [5.74, 6) is 0.0622. The van der Waals surface area contributed by atoms with Gasteiger partial charge in [-0.15, -0.1) is 5.10 Å². The SMILES string of the molecule is COc1ccc(C(=O)CSc2nc3ccccc3c3nc(C)nn23)cc1F. The van der Waals surface area contributed by atoms with Gasteiger partial charge in [0.2, 0.25) is 0 Å². The van der Waals surface area contributed by atoms with Gasteiger partial charge in [0.1, 0.15) is 5.82 Å². The minimum Gasteiger partial charge on any atom is -0.494 e. The number of rotatable bonds is 5. The number of benzene rings is 2. The normalized spacial score (nSPS) is 11.2. The van der Waals surface area contributed by atoms with E-state index < -0.39 is 5.82 Å². The van der Waals surface area contributed by atoms with Crippen LogP contribution in [0.15, 0.2) is 47.6 Å². The molecule has 0 radical (unpaired) electrons. The van der Waals surface area contributed by atoms with Crippen LogP contribution >= 0.6 is 11.8 Å². The van der Waals surface area contributed by atoms with Crippen LogP contribution in [0.3, 0.4) is 0 Å². The van der Waals surface area contributed by atoms with E-state index >= 15 is 0 Å². The van der Waals surface area contributed by atoms with E-state index in [0.29, 0.717) is 16.6 Å². The predicted molar refractivity (Wildman–Crippen MR) is 101 cm³/mol. The van der Waals surface area contributed by atoms with E-state index in [1.54, 1.807) is 10.6 Å².